The molecule has 1 heterocycles. The molecule has 0 amide bonds. The molecule has 0 N–H and O–H groups in total. The minimum atomic E-state index is 0.123. The Balaban J connectivity index is 1.48. The Hall–Kier alpha value is -3.73. The van der Waals surface area contributed by atoms with Crippen LogP contribution < -0.4 is 14.2 Å². The van der Waals surface area contributed by atoms with Gasteiger partial charge in [0.25, 0.3) is 0 Å². The first kappa shape index (κ1) is 24.4. The summed E-state index contributed by atoms with van der Waals surface area (Å²) in [6.07, 6.45) is 2.66. The average molecular weight is 471 g/mol. The Morgan fingerprint density at radius 2 is 1.71 bits per heavy atom. The van der Waals surface area contributed by atoms with Crippen molar-refractivity contribution in [3.63, 3.8) is 0 Å². The highest BCUT2D eigenvalue weighted by molar-refractivity contribution is 5.75. The molecule has 0 aliphatic rings. The summed E-state index contributed by atoms with van der Waals surface area (Å²) >= 11 is 0. The minimum absolute atomic E-state index is 0.123. The highest BCUT2D eigenvalue weighted by Gasteiger charge is 2.15. The van der Waals surface area contributed by atoms with Gasteiger partial charge in [0.05, 0.1) is 24.7 Å². The molecule has 0 fully saturated rings. The van der Waals surface area contributed by atoms with E-state index in [1.54, 1.807) is 7.11 Å². The smallest absolute Gasteiger partial charge is 0.161 e. The van der Waals surface area contributed by atoms with Crippen LogP contribution in [0.1, 0.15) is 37.7 Å². The van der Waals surface area contributed by atoms with Gasteiger partial charge in [-0.25, -0.2) is 4.98 Å². The third-order valence-corrected chi connectivity index (χ3v) is 6.00. The van der Waals surface area contributed by atoms with Crippen molar-refractivity contribution in [1.29, 1.82) is 0 Å². The van der Waals surface area contributed by atoms with Gasteiger partial charge in [0.2, 0.25) is 0 Å². The largest absolute Gasteiger partial charge is 0.493 e. The van der Waals surface area contributed by atoms with E-state index in [1.807, 2.05) is 54.6 Å². The van der Waals surface area contributed by atoms with Gasteiger partial charge in [0.1, 0.15) is 24.8 Å². The standard InChI is InChI=1S/C30H34N2O3/c1-6-9-22-12-17-27(28(20-22)33-5)35-21-29-31-25-10-7-8-11-26(25)32(29)18-19-34-24-15-13-23(14-16-24)30(2,3)4/h6-8,10-17,20H,1,9,18-19,21H2,2-5H3. The summed E-state index contributed by atoms with van der Waals surface area (Å²) in [5.74, 6) is 3.10. The van der Waals surface area contributed by atoms with E-state index in [9.17, 15) is 0 Å². The van der Waals surface area contributed by atoms with Crippen molar-refractivity contribution in [2.45, 2.75) is 45.8 Å². The lowest BCUT2D eigenvalue weighted by atomic mass is 9.87. The number of allylic oxidation sites excluding steroid dienone is 1. The molecule has 1 aromatic heterocycles. The van der Waals surface area contributed by atoms with Crippen molar-refractivity contribution in [2.75, 3.05) is 13.7 Å². The molecule has 0 unspecified atom stereocenters. The van der Waals surface area contributed by atoms with Crippen LogP contribution >= 0.6 is 0 Å². The molecule has 35 heavy (non-hydrogen) atoms. The van der Waals surface area contributed by atoms with Crippen molar-refractivity contribution in [3.05, 3.63) is 96.3 Å². The van der Waals surface area contributed by atoms with Crippen LogP contribution in [0.5, 0.6) is 17.2 Å². The van der Waals surface area contributed by atoms with E-state index in [4.69, 9.17) is 19.2 Å². The fraction of sp³-hybridized carbons (Fsp3) is 0.300. The van der Waals surface area contributed by atoms with Gasteiger partial charge in [-0.3, -0.25) is 0 Å². The van der Waals surface area contributed by atoms with Gasteiger partial charge in [-0.1, -0.05) is 57.2 Å². The summed E-state index contributed by atoms with van der Waals surface area (Å²) in [4.78, 5) is 4.82. The van der Waals surface area contributed by atoms with Crippen LogP contribution in [0.25, 0.3) is 11.0 Å². The molecule has 0 saturated carbocycles. The molecular weight excluding hydrogens is 436 g/mol. The Labute approximate surface area is 208 Å². The van der Waals surface area contributed by atoms with Crippen molar-refractivity contribution < 1.29 is 14.2 Å². The molecule has 0 spiro atoms. The van der Waals surface area contributed by atoms with E-state index >= 15 is 0 Å². The number of ether oxygens (including phenoxy) is 3. The molecule has 5 nitrogen and oxygen atoms in total. The number of aromatic nitrogens is 2. The van der Waals surface area contributed by atoms with E-state index in [1.165, 1.54) is 5.56 Å². The van der Waals surface area contributed by atoms with E-state index in [-0.39, 0.29) is 5.41 Å². The lowest BCUT2D eigenvalue weighted by molar-refractivity contribution is 0.261. The van der Waals surface area contributed by atoms with Crippen LogP contribution in [0.3, 0.4) is 0 Å². The number of hydrogen-bond donors (Lipinski definition) is 0. The summed E-state index contributed by atoms with van der Waals surface area (Å²) in [7, 11) is 1.65. The number of nitrogens with zero attached hydrogens (tertiary/aromatic N) is 2. The fourth-order valence-corrected chi connectivity index (χ4v) is 4.06. The van der Waals surface area contributed by atoms with Gasteiger partial charge in [-0.05, 0) is 59.4 Å². The maximum atomic E-state index is 6.15. The van der Waals surface area contributed by atoms with Gasteiger partial charge >= 0.3 is 0 Å². The predicted molar refractivity (Wildman–Crippen MR) is 142 cm³/mol. The fourth-order valence-electron chi connectivity index (χ4n) is 4.06. The summed E-state index contributed by atoms with van der Waals surface area (Å²) in [6, 6.07) is 22.4. The molecule has 3 aromatic carbocycles. The first-order valence-corrected chi connectivity index (χ1v) is 12.0. The van der Waals surface area contributed by atoms with E-state index in [0.717, 1.165) is 34.6 Å². The number of fused-ring (bicyclic) bond motifs is 1. The average Bonchev–Trinajstić information content (AvgIpc) is 3.20. The molecule has 0 aliphatic carbocycles. The molecule has 4 rings (SSSR count). The van der Waals surface area contributed by atoms with Crippen molar-refractivity contribution >= 4 is 11.0 Å². The maximum Gasteiger partial charge on any atom is 0.161 e. The second-order valence-electron chi connectivity index (χ2n) is 9.56. The van der Waals surface area contributed by atoms with E-state index in [2.05, 4.69) is 50.1 Å². The van der Waals surface area contributed by atoms with Crippen LogP contribution in [0.15, 0.2) is 79.4 Å². The van der Waals surface area contributed by atoms with Crippen LogP contribution in [0.2, 0.25) is 0 Å². The summed E-state index contributed by atoms with van der Waals surface area (Å²) in [5.41, 5.74) is 4.54. The number of imidazole rings is 1. The van der Waals surface area contributed by atoms with E-state index < -0.39 is 0 Å². The first-order valence-electron chi connectivity index (χ1n) is 12.0. The molecule has 0 atom stereocenters. The molecule has 0 radical (unpaired) electrons. The Morgan fingerprint density at radius 1 is 0.943 bits per heavy atom. The van der Waals surface area contributed by atoms with E-state index in [0.29, 0.717) is 31.3 Å². The second kappa shape index (κ2) is 10.7. The normalized spacial score (nSPS) is 11.4. The topological polar surface area (TPSA) is 45.5 Å². The SMILES string of the molecule is C=CCc1ccc(OCc2nc3ccccc3n2CCOc2ccc(C(C)(C)C)cc2)c(OC)c1. The zero-order valence-corrected chi connectivity index (χ0v) is 21.1. The summed E-state index contributed by atoms with van der Waals surface area (Å²) in [6.45, 7) is 12.0. The van der Waals surface area contributed by atoms with Gasteiger partial charge < -0.3 is 18.8 Å². The summed E-state index contributed by atoms with van der Waals surface area (Å²) < 4.78 is 19.9. The Bertz CT molecular complexity index is 1280. The van der Waals surface area contributed by atoms with Gasteiger partial charge in [-0.15, -0.1) is 6.58 Å². The second-order valence-corrected chi connectivity index (χ2v) is 9.56. The van der Waals surface area contributed by atoms with Crippen LogP contribution in [0.4, 0.5) is 0 Å². The van der Waals surface area contributed by atoms with Gasteiger partial charge in [0.15, 0.2) is 11.5 Å². The molecule has 0 aliphatic heterocycles. The van der Waals surface area contributed by atoms with Crippen molar-refractivity contribution in [1.82, 2.24) is 9.55 Å². The van der Waals surface area contributed by atoms with Crippen molar-refractivity contribution in [3.8, 4) is 17.2 Å². The molecule has 0 bridgehead atoms. The minimum Gasteiger partial charge on any atom is -0.493 e. The zero-order valence-electron chi connectivity index (χ0n) is 21.1. The first-order chi connectivity index (χ1) is 16.9. The van der Waals surface area contributed by atoms with Crippen molar-refractivity contribution in [2.24, 2.45) is 0 Å². The molecule has 5 heteroatoms. The number of methoxy groups -OCH3 is 1. The third-order valence-electron chi connectivity index (χ3n) is 6.00. The summed E-state index contributed by atoms with van der Waals surface area (Å²) in [5, 5.41) is 0. The number of benzene rings is 3. The molecular formula is C30H34N2O3. The number of para-hydroxylation sites is 2. The molecule has 182 valence electrons. The monoisotopic (exact) mass is 470 g/mol. The third kappa shape index (κ3) is 5.86. The lowest BCUT2D eigenvalue weighted by Gasteiger charge is -2.19. The molecule has 4 aromatic rings. The zero-order chi connectivity index (χ0) is 24.8. The number of rotatable bonds is 10. The lowest BCUT2D eigenvalue weighted by Crippen LogP contribution is -2.13. The van der Waals surface area contributed by atoms with Crippen LogP contribution in [-0.4, -0.2) is 23.3 Å². The Kier molecular flexibility index (Phi) is 7.45. The highest BCUT2D eigenvalue weighted by atomic mass is 16.5. The maximum absolute atomic E-state index is 6.15. The van der Waals surface area contributed by atoms with Gasteiger partial charge in [0, 0.05) is 0 Å². The Morgan fingerprint density at radius 3 is 2.43 bits per heavy atom. The quantitative estimate of drug-likeness (QED) is 0.241. The predicted octanol–water partition coefficient (Wildman–Crippen LogP) is 6.73. The van der Waals surface area contributed by atoms with Gasteiger partial charge in [-0.2, -0.15) is 0 Å². The molecule has 0 saturated heterocycles. The number of hydrogen-bond acceptors (Lipinski definition) is 4. The van der Waals surface area contributed by atoms with Crippen LogP contribution in [0, 0.1) is 0 Å². The highest BCUT2D eigenvalue weighted by Crippen LogP contribution is 2.30. The van der Waals surface area contributed by atoms with Crippen LogP contribution in [-0.2, 0) is 25.0 Å².